The van der Waals surface area contributed by atoms with Crippen LogP contribution >= 0.6 is 15.9 Å². The van der Waals surface area contributed by atoms with Gasteiger partial charge < -0.3 is 0 Å². The maximum absolute atomic E-state index is 4.37. The number of aromatic nitrogens is 2. The van der Waals surface area contributed by atoms with E-state index in [0.717, 1.165) is 16.7 Å². The van der Waals surface area contributed by atoms with Gasteiger partial charge in [-0.3, -0.25) is 5.10 Å². The SMILES string of the molecule is CS(C)=Nc1[nH]ncc1CBr. The average molecular weight is 236 g/mol. The first-order chi connectivity index (χ1) is 5.24. The largest absolute Gasteiger partial charge is 0.261 e. The molecule has 0 aliphatic carbocycles. The van der Waals surface area contributed by atoms with Gasteiger partial charge in [0.2, 0.25) is 0 Å². The predicted molar refractivity (Wildman–Crippen MR) is 52.5 cm³/mol. The van der Waals surface area contributed by atoms with E-state index in [1.54, 1.807) is 6.20 Å². The summed E-state index contributed by atoms with van der Waals surface area (Å²) in [4.78, 5) is 0. The monoisotopic (exact) mass is 235 g/mol. The number of aromatic amines is 1. The van der Waals surface area contributed by atoms with Crippen LogP contribution in [0, 0.1) is 0 Å². The molecule has 0 unspecified atom stereocenters. The highest BCUT2D eigenvalue weighted by Gasteiger charge is 2.00. The highest BCUT2D eigenvalue weighted by atomic mass is 79.9. The fraction of sp³-hybridized carbons (Fsp3) is 0.500. The van der Waals surface area contributed by atoms with E-state index in [2.05, 4.69) is 43.0 Å². The van der Waals surface area contributed by atoms with Crippen LogP contribution in [0.5, 0.6) is 0 Å². The Labute approximate surface area is 76.8 Å². The maximum Gasteiger partial charge on any atom is 0.158 e. The van der Waals surface area contributed by atoms with Crippen LogP contribution < -0.4 is 0 Å². The number of nitrogens with one attached hydrogen (secondary N) is 1. The highest BCUT2D eigenvalue weighted by Crippen LogP contribution is 2.17. The van der Waals surface area contributed by atoms with Crippen molar-refractivity contribution < 1.29 is 0 Å². The van der Waals surface area contributed by atoms with Gasteiger partial charge in [0.1, 0.15) is 0 Å². The van der Waals surface area contributed by atoms with Crippen molar-refractivity contribution in [3.8, 4) is 0 Å². The van der Waals surface area contributed by atoms with Gasteiger partial charge in [0.25, 0.3) is 0 Å². The number of hydrogen-bond donors (Lipinski definition) is 1. The first kappa shape index (κ1) is 8.93. The van der Waals surface area contributed by atoms with Gasteiger partial charge in [-0.25, -0.2) is 4.36 Å². The van der Waals surface area contributed by atoms with Crippen LogP contribution in [0.15, 0.2) is 10.6 Å². The van der Waals surface area contributed by atoms with E-state index in [0.29, 0.717) is 0 Å². The average Bonchev–Trinajstić information content (AvgIpc) is 2.34. The van der Waals surface area contributed by atoms with E-state index >= 15 is 0 Å². The molecule has 0 aliphatic rings. The number of hydrogen-bond acceptors (Lipinski definition) is 2. The van der Waals surface area contributed by atoms with Crippen molar-refractivity contribution in [1.82, 2.24) is 10.2 Å². The van der Waals surface area contributed by atoms with Crippen molar-refractivity contribution >= 4 is 32.4 Å². The first-order valence-electron chi connectivity index (χ1n) is 3.11. The lowest BCUT2D eigenvalue weighted by atomic mass is 10.4. The van der Waals surface area contributed by atoms with Crippen LogP contribution in [0.25, 0.3) is 0 Å². The Bertz CT molecular complexity index is 265. The smallest absolute Gasteiger partial charge is 0.158 e. The number of nitrogens with zero attached hydrogens (tertiary/aromatic N) is 2. The second kappa shape index (κ2) is 4.01. The normalized spacial score (nSPS) is 10.5. The van der Waals surface area contributed by atoms with Crippen LogP contribution in [0.2, 0.25) is 0 Å². The van der Waals surface area contributed by atoms with Gasteiger partial charge in [0.05, 0.1) is 6.20 Å². The summed E-state index contributed by atoms with van der Waals surface area (Å²) in [5.74, 6) is 0.898. The van der Waals surface area contributed by atoms with Crippen molar-refractivity contribution in [1.29, 1.82) is 0 Å². The second-order valence-electron chi connectivity index (χ2n) is 2.24. The predicted octanol–water partition coefficient (Wildman–Crippen LogP) is 2.00. The lowest BCUT2D eigenvalue weighted by molar-refractivity contribution is 1.09. The molecule has 1 aromatic heterocycles. The van der Waals surface area contributed by atoms with Gasteiger partial charge in [-0.2, -0.15) is 5.10 Å². The van der Waals surface area contributed by atoms with Gasteiger partial charge in [-0.1, -0.05) is 26.6 Å². The number of H-pyrrole nitrogens is 1. The summed E-state index contributed by atoms with van der Waals surface area (Å²) in [5, 5.41) is 7.56. The third kappa shape index (κ3) is 2.41. The first-order valence-corrected chi connectivity index (χ1v) is 6.23. The molecule has 3 nitrogen and oxygen atoms in total. The van der Waals surface area contributed by atoms with Crippen molar-refractivity contribution in [2.24, 2.45) is 4.36 Å². The molecular formula is C6H10BrN3S. The van der Waals surface area contributed by atoms with Gasteiger partial charge in [-0.15, -0.1) is 0 Å². The molecule has 1 rings (SSSR count). The molecule has 62 valence electrons. The molecule has 0 fully saturated rings. The molecule has 0 atom stereocenters. The lowest BCUT2D eigenvalue weighted by Gasteiger charge is -1.92. The Kier molecular flexibility index (Phi) is 3.26. The summed E-state index contributed by atoms with van der Waals surface area (Å²) >= 11 is 3.36. The third-order valence-corrected chi connectivity index (χ3v) is 2.26. The Morgan fingerprint density at radius 1 is 1.73 bits per heavy atom. The van der Waals surface area contributed by atoms with E-state index in [-0.39, 0.29) is 10.7 Å². The molecule has 0 saturated heterocycles. The molecule has 0 saturated carbocycles. The number of alkyl halides is 1. The number of rotatable bonds is 2. The molecule has 0 amide bonds. The van der Waals surface area contributed by atoms with Gasteiger partial charge >= 0.3 is 0 Å². The minimum Gasteiger partial charge on any atom is -0.261 e. The summed E-state index contributed by atoms with van der Waals surface area (Å²) in [6.45, 7) is 0. The topological polar surface area (TPSA) is 41.0 Å². The minimum absolute atomic E-state index is 0.0761. The Morgan fingerprint density at radius 3 is 3.00 bits per heavy atom. The summed E-state index contributed by atoms with van der Waals surface area (Å²) in [5.41, 5.74) is 1.12. The lowest BCUT2D eigenvalue weighted by Crippen LogP contribution is -1.79. The molecule has 5 heteroatoms. The molecular weight excluding hydrogens is 226 g/mol. The molecule has 0 bridgehead atoms. The van der Waals surface area contributed by atoms with Crippen LogP contribution in [0.3, 0.4) is 0 Å². The zero-order valence-corrected chi connectivity index (χ0v) is 8.87. The van der Waals surface area contributed by atoms with Crippen LogP contribution in [-0.4, -0.2) is 22.7 Å². The molecule has 0 radical (unpaired) electrons. The summed E-state index contributed by atoms with van der Waals surface area (Å²) in [6.07, 6.45) is 5.93. The van der Waals surface area contributed by atoms with E-state index in [9.17, 15) is 0 Å². The van der Waals surface area contributed by atoms with E-state index in [1.165, 1.54) is 0 Å². The maximum atomic E-state index is 4.37. The summed E-state index contributed by atoms with van der Waals surface area (Å²) in [6, 6.07) is 0. The fourth-order valence-corrected chi connectivity index (χ4v) is 1.60. The molecule has 0 spiro atoms. The second-order valence-corrected chi connectivity index (χ2v) is 4.53. The molecule has 1 heterocycles. The van der Waals surface area contributed by atoms with Crippen LogP contribution in [0.4, 0.5) is 5.82 Å². The van der Waals surface area contributed by atoms with Crippen molar-refractivity contribution in [3.63, 3.8) is 0 Å². The van der Waals surface area contributed by atoms with E-state index in [1.807, 2.05) is 0 Å². The number of halogens is 1. The van der Waals surface area contributed by atoms with Crippen molar-refractivity contribution in [2.45, 2.75) is 5.33 Å². The highest BCUT2D eigenvalue weighted by molar-refractivity contribution is 9.08. The Morgan fingerprint density at radius 2 is 2.45 bits per heavy atom. The molecule has 0 aromatic carbocycles. The molecule has 0 aliphatic heterocycles. The standard InChI is InChI=1S/C6H10BrN3S/c1-11(2)10-6-5(3-7)4-8-9-6/h4H,3H2,1-2H3,(H,8,9). The van der Waals surface area contributed by atoms with Gasteiger partial charge in [0.15, 0.2) is 5.82 Å². The molecule has 1 aromatic rings. The zero-order valence-electron chi connectivity index (χ0n) is 6.47. The minimum atomic E-state index is 0.0761. The van der Waals surface area contributed by atoms with Crippen molar-refractivity contribution in [2.75, 3.05) is 12.5 Å². The quantitative estimate of drug-likeness (QED) is 0.784. The van der Waals surface area contributed by atoms with Crippen LogP contribution in [-0.2, 0) is 16.0 Å². The van der Waals surface area contributed by atoms with Crippen LogP contribution in [0.1, 0.15) is 5.56 Å². The van der Waals surface area contributed by atoms with E-state index in [4.69, 9.17) is 0 Å². The Balaban J connectivity index is 2.93. The van der Waals surface area contributed by atoms with Gasteiger partial charge in [-0.05, 0) is 12.5 Å². The van der Waals surface area contributed by atoms with E-state index < -0.39 is 0 Å². The summed E-state index contributed by atoms with van der Waals surface area (Å²) in [7, 11) is 0.0761. The molecule has 11 heavy (non-hydrogen) atoms. The fourth-order valence-electron chi connectivity index (χ4n) is 0.664. The third-order valence-electron chi connectivity index (χ3n) is 1.11. The van der Waals surface area contributed by atoms with Gasteiger partial charge in [0, 0.05) is 10.9 Å². The van der Waals surface area contributed by atoms with Crippen molar-refractivity contribution in [3.05, 3.63) is 11.8 Å². The molecule has 1 N–H and O–H groups in total. The Hall–Kier alpha value is -0.160. The summed E-state index contributed by atoms with van der Waals surface area (Å²) < 4.78 is 4.37. The zero-order chi connectivity index (χ0) is 8.27.